The molecule has 2 fully saturated rings. The highest BCUT2D eigenvalue weighted by Gasteiger charge is 2.38. The fourth-order valence-electron chi connectivity index (χ4n) is 5.44. The minimum absolute atomic E-state index is 0.131. The zero-order valence-electron chi connectivity index (χ0n) is 19.4. The molecule has 176 valence electrons. The molecule has 2 aromatic rings. The Morgan fingerprint density at radius 1 is 1.03 bits per heavy atom. The molecule has 5 N–H and O–H groups in total. The number of benzene rings is 1. The van der Waals surface area contributed by atoms with Crippen molar-refractivity contribution >= 4 is 10.9 Å². The van der Waals surface area contributed by atoms with Crippen LogP contribution < -0.4 is 16.4 Å². The number of hydrogen-bond acceptors (Lipinski definition) is 5. The van der Waals surface area contributed by atoms with E-state index in [-0.39, 0.29) is 6.10 Å². The molecule has 6 unspecified atom stereocenters. The summed E-state index contributed by atoms with van der Waals surface area (Å²) in [6, 6.07) is 13.0. The van der Waals surface area contributed by atoms with Crippen LogP contribution in [0.2, 0.25) is 0 Å². The number of allylic oxidation sites excluding steroid dienone is 3. The summed E-state index contributed by atoms with van der Waals surface area (Å²) in [6.07, 6.45) is 20.3. The van der Waals surface area contributed by atoms with Crippen molar-refractivity contribution in [2.45, 2.75) is 50.3 Å². The minimum Gasteiger partial charge on any atom is -0.391 e. The Labute approximate surface area is 197 Å². The minimum atomic E-state index is -0.131. The van der Waals surface area contributed by atoms with Crippen LogP contribution in [0, 0.1) is 17.8 Å². The summed E-state index contributed by atoms with van der Waals surface area (Å²) in [7, 11) is 0. The molecule has 33 heavy (non-hydrogen) atoms. The Hall–Kier alpha value is -2.47. The SMILES string of the molecule is C1=CC2CC=CNC2C=C1.NCC1CCC(O)C2NCCCC12.c1ccc2ncccc2c1. The van der Waals surface area contributed by atoms with E-state index < -0.39 is 0 Å². The molecular formula is C28H38N4O. The molecule has 1 saturated carbocycles. The Kier molecular flexibility index (Phi) is 8.70. The van der Waals surface area contributed by atoms with Crippen molar-refractivity contribution in [1.82, 2.24) is 15.6 Å². The maximum Gasteiger partial charge on any atom is 0.0701 e. The van der Waals surface area contributed by atoms with Gasteiger partial charge in [-0.3, -0.25) is 4.98 Å². The molecule has 2 aliphatic heterocycles. The number of rotatable bonds is 1. The van der Waals surface area contributed by atoms with Crippen molar-refractivity contribution in [1.29, 1.82) is 0 Å². The Bertz CT molecular complexity index is 868. The molecule has 0 amide bonds. The smallest absolute Gasteiger partial charge is 0.0701 e. The summed E-state index contributed by atoms with van der Waals surface area (Å²) in [6.45, 7) is 1.85. The molecule has 6 rings (SSSR count). The predicted octanol–water partition coefficient (Wildman–Crippen LogP) is 3.92. The van der Waals surface area contributed by atoms with Gasteiger partial charge in [0.15, 0.2) is 0 Å². The van der Waals surface area contributed by atoms with Crippen LogP contribution in [0.1, 0.15) is 32.1 Å². The molecule has 1 aromatic heterocycles. The summed E-state index contributed by atoms with van der Waals surface area (Å²) in [5.74, 6) is 1.96. The second kappa shape index (κ2) is 12.1. The molecule has 3 heterocycles. The van der Waals surface area contributed by atoms with Gasteiger partial charge in [-0.1, -0.05) is 54.6 Å². The van der Waals surface area contributed by atoms with Gasteiger partial charge in [-0.25, -0.2) is 0 Å². The van der Waals surface area contributed by atoms with Crippen molar-refractivity contribution in [3.05, 3.63) is 79.2 Å². The fraction of sp³-hybridized carbons (Fsp3) is 0.464. The van der Waals surface area contributed by atoms with E-state index in [0.29, 0.717) is 29.8 Å². The van der Waals surface area contributed by atoms with E-state index >= 15 is 0 Å². The number of nitrogens with zero attached hydrogens (tertiary/aromatic N) is 1. The number of hydrogen-bond donors (Lipinski definition) is 4. The first kappa shape index (κ1) is 23.7. The highest BCUT2D eigenvalue weighted by atomic mass is 16.3. The molecule has 0 radical (unpaired) electrons. The molecule has 6 atom stereocenters. The Morgan fingerprint density at radius 2 is 1.88 bits per heavy atom. The first-order valence-electron chi connectivity index (χ1n) is 12.4. The normalized spacial score (nSPS) is 31.7. The van der Waals surface area contributed by atoms with Crippen LogP contribution in [0.4, 0.5) is 0 Å². The van der Waals surface area contributed by atoms with Crippen LogP contribution in [-0.4, -0.2) is 41.4 Å². The molecule has 1 saturated heterocycles. The van der Waals surface area contributed by atoms with Crippen LogP contribution in [-0.2, 0) is 0 Å². The van der Waals surface area contributed by atoms with E-state index in [1.807, 2.05) is 36.7 Å². The standard InChI is InChI=1S/C10H20N2O.C9H11N.C9H7N/c11-6-7-3-4-9(13)10-8(7)2-1-5-12-10;2*1-2-6-9-8(4-1)5-3-7-10-9/h7-10,12-13H,1-6,11H2;1-4,6-10H,5H2;1-7H. The monoisotopic (exact) mass is 446 g/mol. The highest BCUT2D eigenvalue weighted by molar-refractivity contribution is 5.77. The molecule has 0 spiro atoms. The van der Waals surface area contributed by atoms with Crippen molar-refractivity contribution < 1.29 is 5.11 Å². The third-order valence-electron chi connectivity index (χ3n) is 7.29. The van der Waals surface area contributed by atoms with Gasteiger partial charge in [-0.15, -0.1) is 0 Å². The zero-order chi connectivity index (χ0) is 22.9. The van der Waals surface area contributed by atoms with Gasteiger partial charge in [-0.05, 0) is 75.4 Å². The largest absolute Gasteiger partial charge is 0.391 e. The number of fused-ring (bicyclic) bond motifs is 3. The number of nitrogens with one attached hydrogen (secondary N) is 2. The van der Waals surface area contributed by atoms with E-state index in [1.54, 1.807) is 0 Å². The second-order valence-electron chi connectivity index (χ2n) is 9.39. The maximum absolute atomic E-state index is 9.81. The molecule has 5 heteroatoms. The van der Waals surface area contributed by atoms with Gasteiger partial charge in [0.05, 0.1) is 17.7 Å². The molecule has 2 aliphatic carbocycles. The lowest BCUT2D eigenvalue weighted by Crippen LogP contribution is -2.55. The summed E-state index contributed by atoms with van der Waals surface area (Å²) in [5, 5.41) is 17.7. The molecule has 5 nitrogen and oxygen atoms in total. The van der Waals surface area contributed by atoms with E-state index in [0.717, 1.165) is 31.4 Å². The molecular weight excluding hydrogens is 408 g/mol. The maximum atomic E-state index is 9.81. The van der Waals surface area contributed by atoms with Crippen LogP contribution >= 0.6 is 0 Å². The number of aromatic nitrogens is 1. The van der Waals surface area contributed by atoms with Gasteiger partial charge in [0.1, 0.15) is 0 Å². The lowest BCUT2D eigenvalue weighted by atomic mass is 9.71. The zero-order valence-corrected chi connectivity index (χ0v) is 19.4. The Balaban J connectivity index is 0.000000119. The van der Waals surface area contributed by atoms with Crippen molar-refractivity contribution in [2.75, 3.05) is 13.1 Å². The lowest BCUT2D eigenvalue weighted by Gasteiger charge is -2.44. The van der Waals surface area contributed by atoms with E-state index in [2.05, 4.69) is 58.1 Å². The summed E-state index contributed by atoms with van der Waals surface area (Å²) in [4.78, 5) is 4.18. The summed E-state index contributed by atoms with van der Waals surface area (Å²) >= 11 is 0. The number of nitrogens with two attached hydrogens (primary N) is 1. The van der Waals surface area contributed by atoms with Crippen molar-refractivity contribution in [3.63, 3.8) is 0 Å². The average molecular weight is 447 g/mol. The Morgan fingerprint density at radius 3 is 2.73 bits per heavy atom. The van der Waals surface area contributed by atoms with Crippen LogP contribution in [0.25, 0.3) is 10.9 Å². The quantitative estimate of drug-likeness (QED) is 0.534. The number of para-hydroxylation sites is 1. The van der Waals surface area contributed by atoms with Gasteiger partial charge < -0.3 is 21.5 Å². The van der Waals surface area contributed by atoms with Crippen LogP contribution in [0.3, 0.4) is 0 Å². The van der Waals surface area contributed by atoms with Gasteiger partial charge in [0, 0.05) is 23.5 Å². The van der Waals surface area contributed by atoms with E-state index in [9.17, 15) is 5.11 Å². The van der Waals surface area contributed by atoms with Gasteiger partial charge in [-0.2, -0.15) is 0 Å². The van der Waals surface area contributed by atoms with E-state index in [4.69, 9.17) is 5.73 Å². The van der Waals surface area contributed by atoms with Gasteiger partial charge >= 0.3 is 0 Å². The molecule has 1 aromatic carbocycles. The molecule has 4 aliphatic rings. The third-order valence-corrected chi connectivity index (χ3v) is 7.29. The fourth-order valence-corrected chi connectivity index (χ4v) is 5.44. The second-order valence-corrected chi connectivity index (χ2v) is 9.39. The number of pyridine rings is 1. The topological polar surface area (TPSA) is 83.2 Å². The first-order chi connectivity index (χ1) is 16.3. The van der Waals surface area contributed by atoms with Gasteiger partial charge in [0.2, 0.25) is 0 Å². The molecule has 0 bridgehead atoms. The van der Waals surface area contributed by atoms with Crippen molar-refractivity contribution in [3.8, 4) is 0 Å². The number of piperidine rings is 1. The van der Waals surface area contributed by atoms with Crippen LogP contribution in [0.5, 0.6) is 0 Å². The summed E-state index contributed by atoms with van der Waals surface area (Å²) in [5.41, 5.74) is 6.81. The van der Waals surface area contributed by atoms with Crippen molar-refractivity contribution in [2.24, 2.45) is 23.5 Å². The summed E-state index contributed by atoms with van der Waals surface area (Å²) < 4.78 is 0. The lowest BCUT2D eigenvalue weighted by molar-refractivity contribution is 0.0135. The highest BCUT2D eigenvalue weighted by Crippen LogP contribution is 2.35. The third kappa shape index (κ3) is 6.32. The first-order valence-corrected chi connectivity index (χ1v) is 12.4. The number of aliphatic hydroxyl groups excluding tert-OH is 1. The predicted molar refractivity (Wildman–Crippen MR) is 136 cm³/mol. The van der Waals surface area contributed by atoms with Gasteiger partial charge in [0.25, 0.3) is 0 Å². The average Bonchev–Trinajstić information content (AvgIpc) is 2.90. The number of aliphatic hydroxyl groups is 1. The van der Waals surface area contributed by atoms with E-state index in [1.165, 1.54) is 24.6 Å². The van der Waals surface area contributed by atoms with Crippen LogP contribution in [0.15, 0.2) is 79.2 Å².